The number of aryl methyl sites for hydroxylation is 1. The van der Waals surface area contributed by atoms with Crippen LogP contribution in [0, 0.1) is 12.8 Å². The van der Waals surface area contributed by atoms with E-state index in [9.17, 15) is 0 Å². The predicted molar refractivity (Wildman–Crippen MR) is 80.6 cm³/mol. The topological polar surface area (TPSA) is 67.7 Å². The van der Waals surface area contributed by atoms with Gasteiger partial charge in [-0.25, -0.2) is 9.98 Å². The first-order valence-corrected chi connectivity index (χ1v) is 7.19. The summed E-state index contributed by atoms with van der Waals surface area (Å²) in [6.45, 7) is 3.53. The van der Waals surface area contributed by atoms with Crippen molar-refractivity contribution in [3.63, 3.8) is 0 Å². The Morgan fingerprint density at radius 2 is 2.40 bits per heavy atom. The maximum absolute atomic E-state index is 5.87. The molecule has 106 valence electrons. The molecule has 1 saturated carbocycles. The number of hydrogen-bond acceptors (Lipinski definition) is 2. The first-order valence-electron chi connectivity index (χ1n) is 7.19. The number of nitrogens with zero attached hydrogens (tertiary/aromatic N) is 3. The summed E-state index contributed by atoms with van der Waals surface area (Å²) in [4.78, 5) is 8.89. The zero-order chi connectivity index (χ0) is 13.9. The van der Waals surface area contributed by atoms with Crippen LogP contribution in [0.1, 0.15) is 30.5 Å². The molecule has 3 rings (SSSR count). The molecule has 0 aliphatic heterocycles. The molecule has 0 saturated heterocycles. The summed E-state index contributed by atoms with van der Waals surface area (Å²) >= 11 is 0. The largest absolute Gasteiger partial charge is 0.370 e. The number of hydrogen-bond donors (Lipinski definition) is 2. The summed E-state index contributed by atoms with van der Waals surface area (Å²) in [5.41, 5.74) is 8.97. The molecule has 2 aromatic rings. The second-order valence-electron chi connectivity index (χ2n) is 5.58. The van der Waals surface area contributed by atoms with Crippen molar-refractivity contribution in [1.29, 1.82) is 0 Å². The van der Waals surface area contributed by atoms with E-state index in [1.807, 2.05) is 16.8 Å². The van der Waals surface area contributed by atoms with E-state index in [4.69, 9.17) is 5.73 Å². The monoisotopic (exact) mass is 271 g/mol. The van der Waals surface area contributed by atoms with E-state index >= 15 is 0 Å². The van der Waals surface area contributed by atoms with Crippen LogP contribution in [0.15, 0.2) is 29.5 Å². The van der Waals surface area contributed by atoms with E-state index in [1.54, 1.807) is 0 Å². The van der Waals surface area contributed by atoms with Crippen molar-refractivity contribution < 1.29 is 0 Å². The minimum absolute atomic E-state index is 0.518. The van der Waals surface area contributed by atoms with Gasteiger partial charge < -0.3 is 15.5 Å². The number of nitrogens with one attached hydrogen (secondary N) is 1. The molecule has 5 nitrogen and oxygen atoms in total. The van der Waals surface area contributed by atoms with Gasteiger partial charge in [0.25, 0.3) is 0 Å². The van der Waals surface area contributed by atoms with Crippen molar-refractivity contribution in [3.05, 3.63) is 35.8 Å². The first-order chi connectivity index (χ1) is 9.70. The van der Waals surface area contributed by atoms with Gasteiger partial charge in [-0.05, 0) is 43.4 Å². The molecular formula is C15H21N5. The maximum atomic E-state index is 5.87. The standard InChI is InChI=1S/C15H21N5/c1-11-5-6-20-10-13(19-14(20)7-11)9-18-15(16)17-8-12-3-2-4-12/h5-7,10,12H,2-4,8-9H2,1H3,(H3,16,17,18). The van der Waals surface area contributed by atoms with Crippen molar-refractivity contribution >= 4 is 11.6 Å². The van der Waals surface area contributed by atoms with E-state index in [2.05, 4.69) is 34.3 Å². The Morgan fingerprint density at radius 1 is 1.55 bits per heavy atom. The van der Waals surface area contributed by atoms with Crippen LogP contribution in [-0.2, 0) is 6.54 Å². The summed E-state index contributed by atoms with van der Waals surface area (Å²) in [7, 11) is 0. The third kappa shape index (κ3) is 2.92. The third-order valence-corrected chi connectivity index (χ3v) is 3.87. The lowest BCUT2D eigenvalue weighted by atomic mass is 9.85. The van der Waals surface area contributed by atoms with Crippen LogP contribution in [0.2, 0.25) is 0 Å². The number of fused-ring (bicyclic) bond motifs is 1. The van der Waals surface area contributed by atoms with Gasteiger partial charge in [0.1, 0.15) is 5.65 Å². The molecule has 0 atom stereocenters. The summed E-state index contributed by atoms with van der Waals surface area (Å²) in [6.07, 6.45) is 7.99. The third-order valence-electron chi connectivity index (χ3n) is 3.87. The summed E-state index contributed by atoms with van der Waals surface area (Å²) < 4.78 is 2.01. The van der Waals surface area contributed by atoms with Gasteiger partial charge in [0.2, 0.25) is 0 Å². The second-order valence-corrected chi connectivity index (χ2v) is 5.58. The number of imidazole rings is 1. The van der Waals surface area contributed by atoms with E-state index in [-0.39, 0.29) is 0 Å². The molecule has 1 aliphatic carbocycles. The lowest BCUT2D eigenvalue weighted by Crippen LogP contribution is -2.37. The number of pyridine rings is 1. The minimum Gasteiger partial charge on any atom is -0.370 e. The Kier molecular flexibility index (Phi) is 3.58. The highest BCUT2D eigenvalue weighted by Crippen LogP contribution is 2.24. The Balaban J connectivity index is 1.60. The Labute approximate surface area is 118 Å². The lowest BCUT2D eigenvalue weighted by molar-refractivity contribution is 0.315. The average molecular weight is 271 g/mol. The van der Waals surface area contributed by atoms with E-state index in [0.29, 0.717) is 12.5 Å². The molecule has 3 N–H and O–H groups in total. The van der Waals surface area contributed by atoms with Crippen molar-refractivity contribution in [3.8, 4) is 0 Å². The van der Waals surface area contributed by atoms with Crippen LogP contribution in [0.5, 0.6) is 0 Å². The number of aromatic nitrogens is 2. The molecule has 1 aliphatic rings. The molecule has 20 heavy (non-hydrogen) atoms. The van der Waals surface area contributed by atoms with Gasteiger partial charge in [-0.2, -0.15) is 0 Å². The average Bonchev–Trinajstić information content (AvgIpc) is 2.76. The zero-order valence-corrected chi connectivity index (χ0v) is 11.8. The second kappa shape index (κ2) is 5.53. The van der Waals surface area contributed by atoms with Crippen molar-refractivity contribution in [2.45, 2.75) is 32.7 Å². The van der Waals surface area contributed by atoms with Crippen LogP contribution >= 0.6 is 0 Å². The van der Waals surface area contributed by atoms with E-state index < -0.39 is 0 Å². The Hall–Kier alpha value is -2.04. The SMILES string of the molecule is Cc1ccn2cc(CN=C(N)NCC3CCC3)nc2c1. The van der Waals surface area contributed by atoms with Crippen LogP contribution in [0.25, 0.3) is 5.65 Å². The van der Waals surface area contributed by atoms with Gasteiger partial charge in [-0.3, -0.25) is 0 Å². The number of nitrogens with two attached hydrogens (primary N) is 1. The van der Waals surface area contributed by atoms with Crippen molar-refractivity contribution in [1.82, 2.24) is 14.7 Å². The van der Waals surface area contributed by atoms with E-state index in [0.717, 1.165) is 23.8 Å². The highest BCUT2D eigenvalue weighted by molar-refractivity contribution is 5.77. The molecule has 0 bridgehead atoms. The lowest BCUT2D eigenvalue weighted by Gasteiger charge is -2.25. The number of guanidine groups is 1. The highest BCUT2D eigenvalue weighted by Gasteiger charge is 2.16. The van der Waals surface area contributed by atoms with E-state index in [1.165, 1.54) is 24.8 Å². The first kappa shape index (κ1) is 13.0. The van der Waals surface area contributed by atoms with Crippen LogP contribution in [0.4, 0.5) is 0 Å². The fraction of sp³-hybridized carbons (Fsp3) is 0.467. The fourth-order valence-electron chi connectivity index (χ4n) is 2.38. The quantitative estimate of drug-likeness (QED) is 0.658. The molecular weight excluding hydrogens is 250 g/mol. The molecule has 5 heteroatoms. The molecule has 0 amide bonds. The Morgan fingerprint density at radius 3 is 3.15 bits per heavy atom. The molecule has 2 aromatic heterocycles. The fourth-order valence-corrected chi connectivity index (χ4v) is 2.38. The predicted octanol–water partition coefficient (Wildman–Crippen LogP) is 1.85. The molecule has 0 radical (unpaired) electrons. The smallest absolute Gasteiger partial charge is 0.188 e. The van der Waals surface area contributed by atoms with Gasteiger partial charge in [0, 0.05) is 18.9 Å². The minimum atomic E-state index is 0.518. The van der Waals surface area contributed by atoms with Crippen molar-refractivity contribution in [2.75, 3.05) is 6.54 Å². The zero-order valence-electron chi connectivity index (χ0n) is 11.8. The number of aliphatic imine (C=N–C) groups is 1. The van der Waals surface area contributed by atoms with Gasteiger partial charge in [0.05, 0.1) is 12.2 Å². The van der Waals surface area contributed by atoms with Crippen LogP contribution in [0.3, 0.4) is 0 Å². The summed E-state index contributed by atoms with van der Waals surface area (Å²) in [6, 6.07) is 4.13. The van der Waals surface area contributed by atoms with Crippen LogP contribution < -0.4 is 11.1 Å². The van der Waals surface area contributed by atoms with Gasteiger partial charge in [0.15, 0.2) is 5.96 Å². The van der Waals surface area contributed by atoms with Gasteiger partial charge >= 0.3 is 0 Å². The normalized spacial score (nSPS) is 16.4. The molecule has 1 fully saturated rings. The molecule has 0 unspecified atom stereocenters. The highest BCUT2D eigenvalue weighted by atomic mass is 15.1. The molecule has 2 heterocycles. The molecule has 0 aromatic carbocycles. The summed E-state index contributed by atoms with van der Waals surface area (Å²) in [5, 5.41) is 3.19. The number of rotatable bonds is 4. The Bertz CT molecular complexity index is 624. The molecule has 0 spiro atoms. The van der Waals surface area contributed by atoms with Gasteiger partial charge in [-0.1, -0.05) is 6.42 Å². The maximum Gasteiger partial charge on any atom is 0.188 e. The summed E-state index contributed by atoms with van der Waals surface area (Å²) in [5.74, 6) is 1.30. The van der Waals surface area contributed by atoms with Crippen LogP contribution in [-0.4, -0.2) is 21.9 Å². The van der Waals surface area contributed by atoms with Crippen molar-refractivity contribution in [2.24, 2.45) is 16.6 Å². The van der Waals surface area contributed by atoms with Gasteiger partial charge in [-0.15, -0.1) is 0 Å².